The zero-order chi connectivity index (χ0) is 12.1. The van der Waals surface area contributed by atoms with E-state index in [2.05, 4.69) is 35.3 Å². The molecule has 0 radical (unpaired) electrons. The predicted molar refractivity (Wildman–Crippen MR) is 70.7 cm³/mol. The Morgan fingerprint density at radius 3 is 3.00 bits per heavy atom. The monoisotopic (exact) mass is 233 g/mol. The molecule has 1 saturated heterocycles. The van der Waals surface area contributed by atoms with Gasteiger partial charge in [0.15, 0.2) is 0 Å². The second-order valence-corrected chi connectivity index (χ2v) is 4.83. The van der Waals surface area contributed by atoms with Crippen LogP contribution in [0.4, 0.5) is 0 Å². The van der Waals surface area contributed by atoms with Gasteiger partial charge in [-0.25, -0.2) is 0 Å². The van der Waals surface area contributed by atoms with Crippen LogP contribution in [-0.4, -0.2) is 29.5 Å². The number of pyridine rings is 1. The number of likely N-dealkylation sites (tertiary alicyclic amines) is 1. The summed E-state index contributed by atoms with van der Waals surface area (Å²) in [4.78, 5) is 7.27. The summed E-state index contributed by atoms with van der Waals surface area (Å²) >= 11 is 0. The molecule has 1 N–H and O–H groups in total. The number of aromatic nitrogens is 1. The Morgan fingerprint density at radius 1 is 1.41 bits per heavy atom. The molecule has 0 spiro atoms. The van der Waals surface area contributed by atoms with Crippen LogP contribution in [0.15, 0.2) is 18.2 Å². The molecule has 1 atom stereocenters. The largest absolute Gasteiger partial charge is 0.314 e. The van der Waals surface area contributed by atoms with Gasteiger partial charge in [0, 0.05) is 19.1 Å². The fraction of sp³-hybridized carbons (Fsp3) is 0.643. The Balaban J connectivity index is 2.00. The lowest BCUT2D eigenvalue weighted by Crippen LogP contribution is -2.28. The van der Waals surface area contributed by atoms with E-state index in [1.165, 1.54) is 31.5 Å². The number of nitrogens with zero attached hydrogens (tertiary/aromatic N) is 2. The van der Waals surface area contributed by atoms with E-state index in [9.17, 15) is 0 Å². The van der Waals surface area contributed by atoms with E-state index < -0.39 is 0 Å². The maximum atomic E-state index is 4.69. The van der Waals surface area contributed by atoms with Gasteiger partial charge >= 0.3 is 0 Å². The van der Waals surface area contributed by atoms with Crippen LogP contribution in [-0.2, 0) is 13.1 Å². The summed E-state index contributed by atoms with van der Waals surface area (Å²) in [5.41, 5.74) is 2.34. The number of hydrogen-bond acceptors (Lipinski definition) is 3. The summed E-state index contributed by atoms with van der Waals surface area (Å²) in [6.45, 7) is 5.38. The Hall–Kier alpha value is -0.930. The molecule has 0 amide bonds. The maximum absolute atomic E-state index is 4.69. The summed E-state index contributed by atoms with van der Waals surface area (Å²) in [6.07, 6.45) is 3.96. The highest BCUT2D eigenvalue weighted by Crippen LogP contribution is 2.21. The molecule has 17 heavy (non-hydrogen) atoms. The summed E-state index contributed by atoms with van der Waals surface area (Å²) in [6, 6.07) is 7.11. The molecule has 2 heterocycles. The van der Waals surface area contributed by atoms with Gasteiger partial charge < -0.3 is 5.32 Å². The van der Waals surface area contributed by atoms with Crippen molar-refractivity contribution >= 4 is 0 Å². The average molecular weight is 233 g/mol. The van der Waals surface area contributed by atoms with Crippen LogP contribution >= 0.6 is 0 Å². The zero-order valence-corrected chi connectivity index (χ0v) is 10.9. The molecular weight excluding hydrogens is 210 g/mol. The minimum absolute atomic E-state index is 0.768. The minimum atomic E-state index is 0.768. The fourth-order valence-electron chi connectivity index (χ4n) is 2.67. The van der Waals surface area contributed by atoms with Gasteiger partial charge in [-0.05, 0) is 45.0 Å². The number of nitrogens with one attached hydrogen (secondary N) is 1. The minimum Gasteiger partial charge on any atom is -0.314 e. The quantitative estimate of drug-likeness (QED) is 0.845. The molecule has 0 aliphatic carbocycles. The Labute approximate surface area is 104 Å². The van der Waals surface area contributed by atoms with Crippen molar-refractivity contribution in [1.82, 2.24) is 15.2 Å². The van der Waals surface area contributed by atoms with Crippen LogP contribution in [0, 0.1) is 0 Å². The highest BCUT2D eigenvalue weighted by atomic mass is 15.2. The SMILES string of the molecule is CCC1CCCN1Cc1cccc(CNC)n1. The van der Waals surface area contributed by atoms with Gasteiger partial charge in [0.05, 0.1) is 11.4 Å². The lowest BCUT2D eigenvalue weighted by molar-refractivity contribution is 0.237. The Morgan fingerprint density at radius 2 is 2.24 bits per heavy atom. The first kappa shape index (κ1) is 12.5. The third-order valence-electron chi connectivity index (χ3n) is 3.56. The second-order valence-electron chi connectivity index (χ2n) is 4.83. The lowest BCUT2D eigenvalue weighted by Gasteiger charge is -2.22. The van der Waals surface area contributed by atoms with Crippen molar-refractivity contribution in [2.75, 3.05) is 13.6 Å². The van der Waals surface area contributed by atoms with Crippen LogP contribution in [0.3, 0.4) is 0 Å². The van der Waals surface area contributed by atoms with E-state index in [0.717, 1.165) is 24.8 Å². The first-order valence-electron chi connectivity index (χ1n) is 6.67. The van der Waals surface area contributed by atoms with Crippen LogP contribution in [0.2, 0.25) is 0 Å². The molecule has 1 fully saturated rings. The average Bonchev–Trinajstić information content (AvgIpc) is 2.77. The van der Waals surface area contributed by atoms with Gasteiger partial charge in [-0.1, -0.05) is 13.0 Å². The molecule has 94 valence electrons. The second kappa shape index (κ2) is 6.12. The number of rotatable bonds is 5. The molecule has 0 saturated carbocycles. The van der Waals surface area contributed by atoms with Crippen molar-refractivity contribution < 1.29 is 0 Å². The first-order valence-corrected chi connectivity index (χ1v) is 6.67. The molecule has 3 heteroatoms. The molecule has 2 rings (SSSR count). The molecule has 0 bridgehead atoms. The van der Waals surface area contributed by atoms with Crippen LogP contribution in [0.5, 0.6) is 0 Å². The summed E-state index contributed by atoms with van der Waals surface area (Å²) < 4.78 is 0. The number of hydrogen-bond donors (Lipinski definition) is 1. The molecule has 3 nitrogen and oxygen atoms in total. The molecule has 1 aliphatic rings. The summed E-state index contributed by atoms with van der Waals surface area (Å²) in [5, 5.41) is 3.15. The van der Waals surface area contributed by atoms with Crippen molar-refractivity contribution in [3.8, 4) is 0 Å². The third kappa shape index (κ3) is 3.27. The van der Waals surface area contributed by atoms with E-state index in [1.54, 1.807) is 0 Å². The molecule has 1 aliphatic heterocycles. The lowest BCUT2D eigenvalue weighted by atomic mass is 10.1. The highest BCUT2D eigenvalue weighted by Gasteiger charge is 2.22. The third-order valence-corrected chi connectivity index (χ3v) is 3.56. The van der Waals surface area contributed by atoms with Crippen molar-refractivity contribution in [2.24, 2.45) is 0 Å². The highest BCUT2D eigenvalue weighted by molar-refractivity contribution is 5.11. The normalized spacial score (nSPS) is 20.9. The van der Waals surface area contributed by atoms with Crippen molar-refractivity contribution in [2.45, 2.75) is 45.3 Å². The standard InChI is InChI=1S/C14H23N3/c1-3-14-8-5-9-17(14)11-13-7-4-6-12(16-13)10-15-2/h4,6-7,14-15H,3,5,8-11H2,1-2H3. The summed E-state index contributed by atoms with van der Waals surface area (Å²) in [7, 11) is 1.96. The van der Waals surface area contributed by atoms with Crippen molar-refractivity contribution in [3.05, 3.63) is 29.6 Å². The van der Waals surface area contributed by atoms with E-state index in [1.807, 2.05) is 7.05 Å². The summed E-state index contributed by atoms with van der Waals surface area (Å²) in [5.74, 6) is 0. The van der Waals surface area contributed by atoms with Crippen LogP contribution in [0.25, 0.3) is 0 Å². The van der Waals surface area contributed by atoms with Crippen molar-refractivity contribution in [1.29, 1.82) is 0 Å². The predicted octanol–water partition coefficient (Wildman–Crippen LogP) is 2.18. The topological polar surface area (TPSA) is 28.2 Å². The van der Waals surface area contributed by atoms with Gasteiger partial charge in [0.25, 0.3) is 0 Å². The van der Waals surface area contributed by atoms with Crippen molar-refractivity contribution in [3.63, 3.8) is 0 Å². The van der Waals surface area contributed by atoms with E-state index in [0.29, 0.717) is 0 Å². The zero-order valence-electron chi connectivity index (χ0n) is 10.9. The molecular formula is C14H23N3. The molecule has 1 aromatic heterocycles. The van der Waals surface area contributed by atoms with Crippen LogP contribution < -0.4 is 5.32 Å². The molecule has 1 aromatic rings. The van der Waals surface area contributed by atoms with E-state index in [-0.39, 0.29) is 0 Å². The smallest absolute Gasteiger partial charge is 0.0547 e. The van der Waals surface area contributed by atoms with Gasteiger partial charge in [0.2, 0.25) is 0 Å². The van der Waals surface area contributed by atoms with Gasteiger partial charge in [-0.2, -0.15) is 0 Å². The fourth-order valence-corrected chi connectivity index (χ4v) is 2.67. The van der Waals surface area contributed by atoms with Gasteiger partial charge in [0.1, 0.15) is 0 Å². The van der Waals surface area contributed by atoms with Gasteiger partial charge in [-0.3, -0.25) is 9.88 Å². The maximum Gasteiger partial charge on any atom is 0.0547 e. The Kier molecular flexibility index (Phi) is 4.51. The first-order chi connectivity index (χ1) is 8.33. The van der Waals surface area contributed by atoms with Crippen LogP contribution in [0.1, 0.15) is 37.6 Å². The van der Waals surface area contributed by atoms with Gasteiger partial charge in [-0.15, -0.1) is 0 Å². The van der Waals surface area contributed by atoms with E-state index in [4.69, 9.17) is 4.98 Å². The molecule has 0 aromatic carbocycles. The molecule has 1 unspecified atom stereocenters. The van der Waals surface area contributed by atoms with E-state index >= 15 is 0 Å². The Bertz CT molecular complexity index is 351.